The highest BCUT2D eigenvalue weighted by Crippen LogP contribution is 2.18. The molecular formula is C50H88N4O16S. The van der Waals surface area contributed by atoms with E-state index in [1.54, 1.807) is 0 Å². The molecule has 0 bridgehead atoms. The Morgan fingerprint density at radius 1 is 0.521 bits per heavy atom. The van der Waals surface area contributed by atoms with Crippen LogP contribution >= 0.6 is 11.8 Å². The van der Waals surface area contributed by atoms with Crippen molar-refractivity contribution in [2.45, 2.75) is 161 Å². The number of carbonyl (C=O) groups excluding carboxylic acids is 7. The number of ketones is 3. The number of nitrogens with one attached hydrogen (secondary N) is 4. The number of carboxylic acids is 2. The average molecular weight is 1030 g/mol. The number of thioether (sulfide) groups is 1. The zero-order valence-corrected chi connectivity index (χ0v) is 43.6. The number of hydrogen-bond donors (Lipinski definition) is 7. The topological polar surface area (TPSA) is 299 Å². The Labute approximate surface area is 425 Å². The summed E-state index contributed by atoms with van der Waals surface area (Å²) in [5.41, 5.74) is 0. The summed E-state index contributed by atoms with van der Waals surface area (Å²) in [5.74, 6) is -4.03. The summed E-state index contributed by atoms with van der Waals surface area (Å²) < 4.78 is 21.4. The molecule has 3 atom stereocenters. The van der Waals surface area contributed by atoms with Crippen LogP contribution in [0.25, 0.3) is 0 Å². The van der Waals surface area contributed by atoms with Crippen LogP contribution in [0.4, 0.5) is 0 Å². The third kappa shape index (κ3) is 43.3. The predicted molar refractivity (Wildman–Crippen MR) is 269 cm³/mol. The standard InChI is InChI=1S/C50H88N4O16S/c1-3-40(44(58)33-41(34-55)39(2)56)37-71-38-48(62)52-25-24-51-46(60)35-70-32-30-68-28-26-53-47(61)36-69-31-29-67-27-18-19-42(57)22-23-43(50(65)66)54-45(59)20-16-14-12-10-8-6-4-5-7-9-11-13-15-17-21-49(63)64/h40-41,43,55H,3-38H2,1-2H3,(H,51,60)(H,52,62)(H,53,61)(H,54,59)(H,63,64)(H,65,66)/t40-,41-,43-/m0/s1. The number of amides is 4. The van der Waals surface area contributed by atoms with Crippen molar-refractivity contribution in [3.05, 3.63) is 0 Å². The maximum Gasteiger partial charge on any atom is 0.326 e. The van der Waals surface area contributed by atoms with E-state index in [1.807, 2.05) is 6.92 Å². The normalized spacial score (nSPS) is 12.4. The number of ether oxygens (including phenoxy) is 4. The van der Waals surface area contributed by atoms with E-state index >= 15 is 0 Å². The van der Waals surface area contributed by atoms with Crippen molar-refractivity contribution in [3.63, 3.8) is 0 Å². The number of unbranched alkanes of at least 4 members (excludes halogenated alkanes) is 13. The lowest BCUT2D eigenvalue weighted by atomic mass is 9.92. The lowest BCUT2D eigenvalue weighted by Gasteiger charge is -2.16. The number of Topliss-reactive ketones (excluding diaryl/α,β-unsaturated/α-hetero) is 3. The van der Waals surface area contributed by atoms with Gasteiger partial charge in [-0.25, -0.2) is 4.79 Å². The number of aliphatic hydroxyl groups excluding tert-OH is 1. The van der Waals surface area contributed by atoms with Gasteiger partial charge in [0.1, 0.15) is 36.6 Å². The lowest BCUT2D eigenvalue weighted by Crippen LogP contribution is -2.41. The molecule has 20 nitrogen and oxygen atoms in total. The zero-order chi connectivity index (χ0) is 52.7. The second-order valence-electron chi connectivity index (χ2n) is 17.6. The van der Waals surface area contributed by atoms with Crippen molar-refractivity contribution >= 4 is 64.7 Å². The van der Waals surface area contributed by atoms with Crippen LogP contribution in [0.15, 0.2) is 0 Å². The van der Waals surface area contributed by atoms with Crippen LogP contribution < -0.4 is 21.3 Å². The van der Waals surface area contributed by atoms with Gasteiger partial charge in [0.15, 0.2) is 0 Å². The minimum atomic E-state index is -1.17. The Morgan fingerprint density at radius 2 is 1.01 bits per heavy atom. The van der Waals surface area contributed by atoms with E-state index in [-0.39, 0.29) is 164 Å². The lowest BCUT2D eigenvalue weighted by molar-refractivity contribution is -0.142. The minimum Gasteiger partial charge on any atom is -0.481 e. The van der Waals surface area contributed by atoms with E-state index in [1.165, 1.54) is 57.2 Å². The highest BCUT2D eigenvalue weighted by Gasteiger charge is 2.24. The van der Waals surface area contributed by atoms with Gasteiger partial charge in [0, 0.05) is 75.9 Å². The smallest absolute Gasteiger partial charge is 0.326 e. The summed E-state index contributed by atoms with van der Waals surface area (Å²) in [5, 5.41) is 38.0. The van der Waals surface area contributed by atoms with Gasteiger partial charge >= 0.3 is 11.9 Å². The molecule has 0 aromatic carbocycles. The third-order valence-corrected chi connectivity index (χ3v) is 12.5. The van der Waals surface area contributed by atoms with Crippen LogP contribution in [0.3, 0.4) is 0 Å². The van der Waals surface area contributed by atoms with Crippen LogP contribution in [0.2, 0.25) is 0 Å². The van der Waals surface area contributed by atoms with Gasteiger partial charge in [0.25, 0.3) is 0 Å². The first-order valence-electron chi connectivity index (χ1n) is 25.8. The first-order chi connectivity index (χ1) is 34.2. The molecule has 0 saturated heterocycles. The summed E-state index contributed by atoms with van der Waals surface area (Å²) in [6, 6.07) is -1.12. The molecule has 0 spiro atoms. The molecule has 21 heteroatoms. The van der Waals surface area contributed by atoms with Gasteiger partial charge < -0.3 is 55.5 Å². The molecule has 7 N–H and O–H groups in total. The van der Waals surface area contributed by atoms with Crippen molar-refractivity contribution in [1.29, 1.82) is 0 Å². The van der Waals surface area contributed by atoms with Crippen LogP contribution in [-0.4, -0.2) is 165 Å². The van der Waals surface area contributed by atoms with Crippen molar-refractivity contribution in [2.75, 3.05) is 90.6 Å². The Balaban J connectivity index is 3.72. The van der Waals surface area contributed by atoms with Gasteiger partial charge in [0.2, 0.25) is 23.6 Å². The molecule has 0 radical (unpaired) electrons. The average Bonchev–Trinajstić information content (AvgIpc) is 3.33. The molecule has 0 rings (SSSR count). The van der Waals surface area contributed by atoms with Crippen LogP contribution in [-0.2, 0) is 62.1 Å². The fraction of sp³-hybridized carbons (Fsp3) is 0.820. The number of aliphatic carboxylic acids is 2. The second kappa shape index (κ2) is 47.0. The molecule has 71 heavy (non-hydrogen) atoms. The molecule has 0 aromatic heterocycles. The Bertz CT molecular complexity index is 1510. The molecule has 0 unspecified atom stereocenters. The quantitative estimate of drug-likeness (QED) is 0.0417. The summed E-state index contributed by atoms with van der Waals surface area (Å²) in [7, 11) is 0. The molecule has 0 aromatic rings. The second-order valence-corrected chi connectivity index (χ2v) is 18.7. The van der Waals surface area contributed by atoms with Gasteiger partial charge in [-0.15, -0.1) is 0 Å². The molecule has 4 amide bonds. The third-order valence-electron chi connectivity index (χ3n) is 11.4. The van der Waals surface area contributed by atoms with Crippen LogP contribution in [0.1, 0.15) is 155 Å². The van der Waals surface area contributed by atoms with E-state index in [0.29, 0.717) is 31.6 Å². The predicted octanol–water partition coefficient (Wildman–Crippen LogP) is 4.34. The maximum atomic E-state index is 12.5. The van der Waals surface area contributed by atoms with Gasteiger partial charge in [-0.05, 0) is 39.0 Å². The zero-order valence-electron chi connectivity index (χ0n) is 42.7. The van der Waals surface area contributed by atoms with E-state index in [9.17, 15) is 53.4 Å². The molecular weight excluding hydrogens is 945 g/mol. The van der Waals surface area contributed by atoms with E-state index in [0.717, 1.165) is 44.9 Å². The van der Waals surface area contributed by atoms with Gasteiger partial charge in [-0.3, -0.25) is 38.4 Å². The molecule has 0 aliphatic rings. The highest BCUT2D eigenvalue weighted by atomic mass is 32.2. The van der Waals surface area contributed by atoms with Crippen molar-refractivity contribution in [2.24, 2.45) is 11.8 Å². The Kier molecular flexibility index (Phi) is 44.4. The molecule has 0 saturated carbocycles. The number of carboxylic acid groups (broad SMARTS) is 2. The summed E-state index contributed by atoms with van der Waals surface area (Å²) in [6.45, 7) is 4.39. The molecule has 410 valence electrons. The number of rotatable bonds is 52. The van der Waals surface area contributed by atoms with Crippen LogP contribution in [0.5, 0.6) is 0 Å². The molecule has 0 aliphatic carbocycles. The molecule has 0 heterocycles. The summed E-state index contributed by atoms with van der Waals surface area (Å²) in [6.07, 6.45) is 16.8. The first-order valence-corrected chi connectivity index (χ1v) is 26.9. The largest absolute Gasteiger partial charge is 0.481 e. The Morgan fingerprint density at radius 3 is 1.52 bits per heavy atom. The van der Waals surface area contributed by atoms with Gasteiger partial charge in [-0.2, -0.15) is 11.8 Å². The summed E-state index contributed by atoms with van der Waals surface area (Å²) >= 11 is 1.31. The van der Waals surface area contributed by atoms with E-state index in [2.05, 4.69) is 21.3 Å². The number of hydrogen-bond acceptors (Lipinski definition) is 15. The van der Waals surface area contributed by atoms with Crippen molar-refractivity contribution in [1.82, 2.24) is 21.3 Å². The van der Waals surface area contributed by atoms with Crippen molar-refractivity contribution in [3.8, 4) is 0 Å². The highest BCUT2D eigenvalue weighted by molar-refractivity contribution is 7.99. The first kappa shape index (κ1) is 67.0. The maximum absolute atomic E-state index is 12.5. The summed E-state index contributed by atoms with van der Waals surface area (Å²) in [4.78, 5) is 107. The van der Waals surface area contributed by atoms with E-state index < -0.39 is 23.9 Å². The van der Waals surface area contributed by atoms with E-state index in [4.69, 9.17) is 24.1 Å². The van der Waals surface area contributed by atoms with Crippen molar-refractivity contribution < 1.29 is 77.4 Å². The Hall–Kier alpha value is -4.02. The fourth-order valence-electron chi connectivity index (χ4n) is 7.08. The monoisotopic (exact) mass is 1030 g/mol. The molecule has 0 aliphatic heterocycles. The minimum absolute atomic E-state index is 0.00866. The fourth-order valence-corrected chi connectivity index (χ4v) is 8.19. The van der Waals surface area contributed by atoms with Gasteiger partial charge in [0.05, 0.1) is 45.4 Å². The molecule has 0 fully saturated rings. The SMILES string of the molecule is CC[C@@H](CSCC(=O)NCCNC(=O)COCCOCCNC(=O)COCCOCCCC(=O)CC[C@H](NC(=O)CCCCCCCCCCCCCCCCC(=O)O)C(=O)O)C(=O)C[C@@H](CO)C(C)=O. The van der Waals surface area contributed by atoms with Gasteiger partial charge in [-0.1, -0.05) is 84.0 Å². The number of aliphatic hydroxyl groups is 1. The number of carbonyl (C=O) groups is 9. The van der Waals surface area contributed by atoms with Crippen LogP contribution in [0, 0.1) is 11.8 Å².